The fraction of sp³-hybridized carbons (Fsp3) is 0.286. The minimum Gasteiger partial charge on any atom is -0.330 e. The van der Waals surface area contributed by atoms with Crippen molar-refractivity contribution in [1.82, 2.24) is 5.06 Å². The van der Waals surface area contributed by atoms with Crippen molar-refractivity contribution in [3.63, 3.8) is 0 Å². The Hall–Kier alpha value is -2.95. The van der Waals surface area contributed by atoms with Crippen LogP contribution in [0.3, 0.4) is 0 Å². The van der Waals surface area contributed by atoms with Crippen LogP contribution in [0.25, 0.3) is 0 Å². The van der Waals surface area contributed by atoms with Gasteiger partial charge in [-0.2, -0.15) is 0 Å². The molecule has 0 bridgehead atoms. The van der Waals surface area contributed by atoms with Gasteiger partial charge >= 0.3 is 5.97 Å². The maximum absolute atomic E-state index is 12.2. The quantitative estimate of drug-likeness (QED) is 0.713. The number of aryl methyl sites for hydroxylation is 2. The number of rotatable bonds is 7. The summed E-state index contributed by atoms with van der Waals surface area (Å²) in [7, 11) is 0. The standard InChI is InChI=1S/C21H21NO4/c1-2-6-15-11-13-16(14-12-15)7-5-10-19(23)26-22-20(24)17-8-3-4-9-18(17)21(22)25/h3-4,8-9,11-14H,2,5-7,10H2,1H3. The first kappa shape index (κ1) is 17.9. The van der Waals surface area contributed by atoms with Crippen molar-refractivity contribution in [1.29, 1.82) is 0 Å². The molecule has 0 saturated heterocycles. The number of nitrogens with zero attached hydrogens (tertiary/aromatic N) is 1. The second-order valence-corrected chi connectivity index (χ2v) is 6.33. The number of amides is 2. The molecule has 0 spiro atoms. The molecule has 2 aromatic rings. The lowest BCUT2D eigenvalue weighted by molar-refractivity contribution is -0.168. The molecule has 0 N–H and O–H groups in total. The lowest BCUT2D eigenvalue weighted by Crippen LogP contribution is -2.32. The molecule has 2 amide bonds. The molecule has 0 unspecified atom stereocenters. The summed E-state index contributed by atoms with van der Waals surface area (Å²) in [5.41, 5.74) is 2.98. The minimum atomic E-state index is -0.592. The van der Waals surface area contributed by atoms with Crippen molar-refractivity contribution in [2.24, 2.45) is 0 Å². The summed E-state index contributed by atoms with van der Waals surface area (Å²) in [6.07, 6.45) is 3.65. The molecule has 1 aliphatic heterocycles. The molecule has 5 nitrogen and oxygen atoms in total. The molecule has 2 aromatic carbocycles. The third-order valence-corrected chi connectivity index (χ3v) is 4.36. The highest BCUT2D eigenvalue weighted by Crippen LogP contribution is 2.23. The zero-order chi connectivity index (χ0) is 18.5. The van der Waals surface area contributed by atoms with Gasteiger partial charge in [0.1, 0.15) is 0 Å². The number of benzene rings is 2. The highest BCUT2D eigenvalue weighted by Gasteiger charge is 2.38. The van der Waals surface area contributed by atoms with Crippen LogP contribution in [0.5, 0.6) is 0 Å². The molecule has 0 fully saturated rings. The van der Waals surface area contributed by atoms with E-state index in [4.69, 9.17) is 4.84 Å². The van der Waals surface area contributed by atoms with E-state index in [1.54, 1.807) is 24.3 Å². The molecular formula is C21H21NO4. The third kappa shape index (κ3) is 3.82. The zero-order valence-corrected chi connectivity index (χ0v) is 14.7. The molecule has 134 valence electrons. The van der Waals surface area contributed by atoms with E-state index in [1.807, 2.05) is 0 Å². The summed E-state index contributed by atoms with van der Waals surface area (Å²) in [5.74, 6) is -1.77. The van der Waals surface area contributed by atoms with E-state index < -0.39 is 17.8 Å². The number of carbonyl (C=O) groups excluding carboxylic acids is 3. The van der Waals surface area contributed by atoms with E-state index in [0.717, 1.165) is 24.8 Å². The monoisotopic (exact) mass is 351 g/mol. The number of fused-ring (bicyclic) bond motifs is 1. The van der Waals surface area contributed by atoms with Crippen molar-refractivity contribution in [2.75, 3.05) is 0 Å². The van der Waals surface area contributed by atoms with Gasteiger partial charge in [0.15, 0.2) is 0 Å². The van der Waals surface area contributed by atoms with E-state index in [2.05, 4.69) is 31.2 Å². The Labute approximate surface area is 152 Å². The van der Waals surface area contributed by atoms with Gasteiger partial charge in [0.05, 0.1) is 11.1 Å². The van der Waals surface area contributed by atoms with Crippen molar-refractivity contribution >= 4 is 17.8 Å². The van der Waals surface area contributed by atoms with E-state index in [-0.39, 0.29) is 17.5 Å². The smallest absolute Gasteiger partial charge is 0.330 e. The van der Waals surface area contributed by atoms with Crippen LogP contribution in [0, 0.1) is 0 Å². The van der Waals surface area contributed by atoms with Crippen LogP contribution in [-0.4, -0.2) is 22.8 Å². The van der Waals surface area contributed by atoms with Gasteiger partial charge in [-0.05, 0) is 42.5 Å². The van der Waals surface area contributed by atoms with Crippen molar-refractivity contribution in [3.8, 4) is 0 Å². The number of hydrogen-bond acceptors (Lipinski definition) is 4. The van der Waals surface area contributed by atoms with Gasteiger partial charge in [0.2, 0.25) is 0 Å². The molecule has 0 aliphatic carbocycles. The first-order valence-electron chi connectivity index (χ1n) is 8.86. The van der Waals surface area contributed by atoms with E-state index in [1.165, 1.54) is 5.56 Å². The molecule has 0 saturated carbocycles. The number of carbonyl (C=O) groups is 3. The average molecular weight is 351 g/mol. The summed E-state index contributed by atoms with van der Waals surface area (Å²) in [6, 6.07) is 14.8. The number of hydrogen-bond donors (Lipinski definition) is 0. The predicted molar refractivity (Wildman–Crippen MR) is 96.4 cm³/mol. The Morgan fingerprint density at radius 1 is 0.885 bits per heavy atom. The normalized spacial score (nSPS) is 13.0. The topological polar surface area (TPSA) is 63.7 Å². The molecule has 0 atom stereocenters. The Morgan fingerprint density at radius 3 is 1.96 bits per heavy atom. The number of imide groups is 1. The van der Waals surface area contributed by atoms with E-state index >= 15 is 0 Å². The highest BCUT2D eigenvalue weighted by molar-refractivity contribution is 6.20. The maximum atomic E-state index is 12.2. The van der Waals surface area contributed by atoms with Crippen LogP contribution in [0.2, 0.25) is 0 Å². The van der Waals surface area contributed by atoms with Crippen molar-refractivity contribution in [2.45, 2.75) is 39.0 Å². The Bertz CT molecular complexity index is 791. The first-order valence-corrected chi connectivity index (χ1v) is 8.86. The lowest BCUT2D eigenvalue weighted by Gasteiger charge is -2.12. The minimum absolute atomic E-state index is 0.143. The number of hydroxylamine groups is 2. The van der Waals surface area contributed by atoms with Crippen LogP contribution in [0.1, 0.15) is 58.0 Å². The molecule has 1 heterocycles. The fourth-order valence-electron chi connectivity index (χ4n) is 3.00. The molecule has 0 aromatic heterocycles. The van der Waals surface area contributed by atoms with Crippen LogP contribution in [0.4, 0.5) is 0 Å². The SMILES string of the molecule is CCCc1ccc(CCCC(=O)ON2C(=O)c3ccccc3C2=O)cc1. The first-order chi connectivity index (χ1) is 12.6. The Kier molecular flexibility index (Phi) is 5.46. The van der Waals surface area contributed by atoms with Gasteiger partial charge in [-0.3, -0.25) is 9.59 Å². The van der Waals surface area contributed by atoms with Gasteiger partial charge < -0.3 is 4.84 Å². The second kappa shape index (κ2) is 7.95. The summed E-state index contributed by atoms with van der Waals surface area (Å²) in [5, 5.41) is 0.562. The van der Waals surface area contributed by atoms with E-state index in [0.29, 0.717) is 11.5 Å². The average Bonchev–Trinajstić information content (AvgIpc) is 2.89. The molecule has 5 heteroatoms. The summed E-state index contributed by atoms with van der Waals surface area (Å²) < 4.78 is 0. The van der Waals surface area contributed by atoms with E-state index in [9.17, 15) is 14.4 Å². The van der Waals surface area contributed by atoms with Gasteiger partial charge in [-0.15, -0.1) is 0 Å². The van der Waals surface area contributed by atoms with Crippen molar-refractivity contribution in [3.05, 3.63) is 70.8 Å². The van der Waals surface area contributed by atoms with Gasteiger partial charge in [0.25, 0.3) is 11.8 Å². The molecule has 1 aliphatic rings. The largest absolute Gasteiger partial charge is 0.333 e. The van der Waals surface area contributed by atoms with Gasteiger partial charge in [-0.25, -0.2) is 4.79 Å². The predicted octanol–water partition coefficient (Wildman–Crippen LogP) is 3.72. The molecule has 0 radical (unpaired) electrons. The maximum Gasteiger partial charge on any atom is 0.333 e. The Balaban J connectivity index is 1.49. The summed E-state index contributed by atoms with van der Waals surface area (Å²) in [6.45, 7) is 2.15. The molecule has 26 heavy (non-hydrogen) atoms. The Morgan fingerprint density at radius 2 is 1.42 bits per heavy atom. The van der Waals surface area contributed by atoms with Gasteiger partial charge in [0, 0.05) is 6.42 Å². The fourth-order valence-corrected chi connectivity index (χ4v) is 3.00. The van der Waals surface area contributed by atoms with Crippen LogP contribution >= 0.6 is 0 Å². The third-order valence-electron chi connectivity index (χ3n) is 4.36. The zero-order valence-electron chi connectivity index (χ0n) is 14.7. The molecular weight excluding hydrogens is 330 g/mol. The van der Waals surface area contributed by atoms with Gasteiger partial charge in [-0.1, -0.05) is 54.8 Å². The molecule has 3 rings (SSSR count). The summed E-state index contributed by atoms with van der Waals surface area (Å²) in [4.78, 5) is 41.3. The van der Waals surface area contributed by atoms with Crippen LogP contribution in [-0.2, 0) is 22.5 Å². The van der Waals surface area contributed by atoms with Crippen LogP contribution < -0.4 is 0 Å². The highest BCUT2D eigenvalue weighted by atomic mass is 16.7. The second-order valence-electron chi connectivity index (χ2n) is 6.33. The summed E-state index contributed by atoms with van der Waals surface area (Å²) >= 11 is 0. The lowest BCUT2D eigenvalue weighted by atomic mass is 10.0. The van der Waals surface area contributed by atoms with Crippen molar-refractivity contribution < 1.29 is 19.2 Å². The van der Waals surface area contributed by atoms with Crippen LogP contribution in [0.15, 0.2) is 48.5 Å².